The van der Waals surface area contributed by atoms with Gasteiger partial charge in [-0.1, -0.05) is 25.3 Å². The third kappa shape index (κ3) is 7.28. The number of likely N-dealkylation sites (tertiary alicyclic amines) is 1. The third-order valence-corrected chi connectivity index (χ3v) is 9.04. The quantitative estimate of drug-likeness (QED) is 0.233. The molecular weight excluding hydrogens is 597 g/mol. The van der Waals surface area contributed by atoms with Crippen molar-refractivity contribution in [2.45, 2.75) is 74.4 Å². The molecule has 2 amide bonds. The van der Waals surface area contributed by atoms with Crippen LogP contribution in [0.3, 0.4) is 0 Å². The van der Waals surface area contributed by atoms with Gasteiger partial charge in [-0.3, -0.25) is 9.59 Å². The van der Waals surface area contributed by atoms with Crippen LogP contribution in [0, 0.1) is 9.49 Å². The molecule has 1 aromatic carbocycles. The summed E-state index contributed by atoms with van der Waals surface area (Å²) in [6.07, 6.45) is 7.08. The number of ether oxygens (including phenoxy) is 1. The Bertz CT molecular complexity index is 1060. The molecule has 36 heavy (non-hydrogen) atoms. The van der Waals surface area contributed by atoms with Crippen molar-refractivity contribution in [3.8, 4) is 0 Å². The first kappa shape index (κ1) is 28.6. The van der Waals surface area contributed by atoms with Crippen LogP contribution < -0.4 is 10.0 Å². The van der Waals surface area contributed by atoms with E-state index in [1.165, 1.54) is 24.1 Å². The predicted octanol–water partition coefficient (Wildman–Crippen LogP) is 2.74. The number of carbonyl (C=O) groups is 3. The van der Waals surface area contributed by atoms with E-state index < -0.39 is 34.1 Å². The number of rotatable bonds is 10. The standard InChI is InChI=1S/C25H34IN3O6S/c1-3-4-10-22(30)27-23(17-8-6-5-7-9-17)24(31)29-16-19(15-21(29)25(32)35-2)28-36(33,34)20-13-11-18(26)12-14-20/h3,11-14,17,19,21,23,28H,1,4-10,15-16H2,2H3,(H,27,30)/t19-,21+,23+/m1/s1. The largest absolute Gasteiger partial charge is 0.467 e. The molecule has 1 saturated heterocycles. The number of sulfonamides is 1. The van der Waals surface area contributed by atoms with Crippen molar-refractivity contribution in [3.63, 3.8) is 0 Å². The maximum atomic E-state index is 13.8. The topological polar surface area (TPSA) is 122 Å². The number of amides is 2. The highest BCUT2D eigenvalue weighted by molar-refractivity contribution is 14.1. The van der Waals surface area contributed by atoms with Crippen molar-refractivity contribution >= 4 is 50.4 Å². The summed E-state index contributed by atoms with van der Waals surface area (Å²) in [6, 6.07) is 4.02. The van der Waals surface area contributed by atoms with E-state index in [4.69, 9.17) is 4.74 Å². The van der Waals surface area contributed by atoms with Gasteiger partial charge in [0.05, 0.1) is 12.0 Å². The van der Waals surface area contributed by atoms with E-state index in [1.54, 1.807) is 18.2 Å². The van der Waals surface area contributed by atoms with Gasteiger partial charge in [-0.05, 0) is 78.5 Å². The van der Waals surface area contributed by atoms with Gasteiger partial charge in [0.1, 0.15) is 12.1 Å². The Kier molecular flexibility index (Phi) is 10.3. The second kappa shape index (κ2) is 13.0. The second-order valence-corrected chi connectivity index (χ2v) is 12.3. The zero-order valence-electron chi connectivity index (χ0n) is 20.5. The molecule has 0 unspecified atom stereocenters. The minimum Gasteiger partial charge on any atom is -0.467 e. The van der Waals surface area contributed by atoms with E-state index >= 15 is 0 Å². The van der Waals surface area contributed by atoms with Crippen molar-refractivity contribution in [2.75, 3.05) is 13.7 Å². The van der Waals surface area contributed by atoms with Gasteiger partial charge < -0.3 is 15.0 Å². The van der Waals surface area contributed by atoms with Crippen LogP contribution >= 0.6 is 22.6 Å². The van der Waals surface area contributed by atoms with Gasteiger partial charge in [-0.25, -0.2) is 17.9 Å². The number of esters is 1. The first-order valence-electron chi connectivity index (χ1n) is 12.2. The van der Waals surface area contributed by atoms with Crippen LogP contribution in [0.2, 0.25) is 0 Å². The Morgan fingerprint density at radius 3 is 2.47 bits per heavy atom. The summed E-state index contributed by atoms with van der Waals surface area (Å²) in [6.45, 7) is 3.65. The zero-order chi connectivity index (χ0) is 26.3. The lowest BCUT2D eigenvalue weighted by atomic mass is 9.83. The lowest BCUT2D eigenvalue weighted by Crippen LogP contribution is -2.55. The summed E-state index contributed by atoms with van der Waals surface area (Å²) in [5.74, 6) is -1.27. The molecule has 198 valence electrons. The third-order valence-electron chi connectivity index (χ3n) is 6.78. The van der Waals surface area contributed by atoms with Gasteiger partial charge in [0.25, 0.3) is 0 Å². The molecule has 3 rings (SSSR count). The molecular formula is C25H34IN3O6S. The summed E-state index contributed by atoms with van der Waals surface area (Å²) in [5, 5.41) is 2.90. The normalized spacial score (nSPS) is 21.6. The minimum absolute atomic E-state index is 0.00788. The van der Waals surface area contributed by atoms with Crippen molar-refractivity contribution in [3.05, 3.63) is 40.5 Å². The summed E-state index contributed by atoms with van der Waals surface area (Å²) in [4.78, 5) is 40.5. The first-order chi connectivity index (χ1) is 17.2. The first-order valence-corrected chi connectivity index (χ1v) is 14.8. The summed E-state index contributed by atoms with van der Waals surface area (Å²) < 4.78 is 34.4. The molecule has 9 nitrogen and oxygen atoms in total. The monoisotopic (exact) mass is 631 g/mol. The number of methoxy groups -OCH3 is 1. The van der Waals surface area contributed by atoms with E-state index in [0.717, 1.165) is 35.7 Å². The Balaban J connectivity index is 1.81. The number of allylic oxidation sites excluding steroid dienone is 1. The van der Waals surface area contributed by atoms with Crippen molar-refractivity contribution in [2.24, 2.45) is 5.92 Å². The molecule has 1 aromatic rings. The van der Waals surface area contributed by atoms with Crippen molar-refractivity contribution < 1.29 is 27.5 Å². The number of hydrogen-bond acceptors (Lipinski definition) is 6. The fraction of sp³-hybridized carbons (Fsp3) is 0.560. The maximum Gasteiger partial charge on any atom is 0.328 e. The van der Waals surface area contributed by atoms with Gasteiger partial charge >= 0.3 is 5.97 Å². The predicted molar refractivity (Wildman–Crippen MR) is 143 cm³/mol. The van der Waals surface area contributed by atoms with Gasteiger partial charge in [0, 0.05) is 22.6 Å². The number of benzene rings is 1. The molecule has 11 heteroatoms. The molecule has 0 aromatic heterocycles. The van der Waals surface area contributed by atoms with Crippen LogP contribution in [0.25, 0.3) is 0 Å². The molecule has 1 heterocycles. The average molecular weight is 632 g/mol. The Morgan fingerprint density at radius 2 is 1.86 bits per heavy atom. The van der Waals surface area contributed by atoms with Crippen molar-refractivity contribution in [1.29, 1.82) is 0 Å². The van der Waals surface area contributed by atoms with E-state index in [0.29, 0.717) is 6.42 Å². The molecule has 1 saturated carbocycles. The number of carbonyl (C=O) groups excluding carboxylic acids is 3. The highest BCUT2D eigenvalue weighted by atomic mass is 127. The summed E-state index contributed by atoms with van der Waals surface area (Å²) in [7, 11) is -2.62. The molecule has 2 N–H and O–H groups in total. The lowest BCUT2D eigenvalue weighted by Gasteiger charge is -2.34. The smallest absolute Gasteiger partial charge is 0.328 e. The van der Waals surface area contributed by atoms with Crippen LogP contribution in [-0.4, -0.2) is 62.9 Å². The van der Waals surface area contributed by atoms with E-state index in [1.807, 2.05) is 0 Å². The van der Waals surface area contributed by atoms with Gasteiger partial charge in [0.2, 0.25) is 21.8 Å². The number of halogens is 1. The summed E-state index contributed by atoms with van der Waals surface area (Å²) in [5.41, 5.74) is 0. The van der Waals surface area contributed by atoms with Gasteiger partial charge in [-0.2, -0.15) is 0 Å². The molecule has 2 aliphatic rings. The van der Waals surface area contributed by atoms with Crippen molar-refractivity contribution in [1.82, 2.24) is 14.9 Å². The Hall–Kier alpha value is -1.99. The highest BCUT2D eigenvalue weighted by Crippen LogP contribution is 2.30. The van der Waals surface area contributed by atoms with Crippen LogP contribution in [0.15, 0.2) is 41.8 Å². The molecule has 1 aliphatic heterocycles. The molecule has 0 spiro atoms. The fourth-order valence-corrected chi connectivity index (χ4v) is 6.53. The summed E-state index contributed by atoms with van der Waals surface area (Å²) >= 11 is 2.09. The molecule has 1 aliphatic carbocycles. The van der Waals surface area contributed by atoms with Crippen LogP contribution in [0.4, 0.5) is 0 Å². The highest BCUT2D eigenvalue weighted by Gasteiger charge is 2.45. The lowest BCUT2D eigenvalue weighted by molar-refractivity contribution is -0.152. The molecule has 2 fully saturated rings. The number of nitrogens with zero attached hydrogens (tertiary/aromatic N) is 1. The maximum absolute atomic E-state index is 13.8. The average Bonchev–Trinajstić information content (AvgIpc) is 3.29. The Labute approximate surface area is 226 Å². The molecule has 0 radical (unpaired) electrons. The van der Waals surface area contributed by atoms with E-state index in [2.05, 4.69) is 39.2 Å². The van der Waals surface area contributed by atoms with Crippen LogP contribution in [-0.2, 0) is 29.1 Å². The zero-order valence-corrected chi connectivity index (χ0v) is 23.4. The van der Waals surface area contributed by atoms with Gasteiger partial charge in [0.15, 0.2) is 0 Å². The number of hydrogen-bond donors (Lipinski definition) is 2. The van der Waals surface area contributed by atoms with E-state index in [-0.39, 0.29) is 42.0 Å². The SMILES string of the molecule is C=CCCC(=O)N[C@H](C(=O)N1C[C@H](NS(=O)(=O)c2ccc(I)cc2)C[C@H]1C(=O)OC)C1CCCCC1. The Morgan fingerprint density at radius 1 is 1.19 bits per heavy atom. The van der Waals surface area contributed by atoms with Gasteiger partial charge in [-0.15, -0.1) is 6.58 Å². The minimum atomic E-state index is -3.86. The van der Waals surface area contributed by atoms with Crippen LogP contribution in [0.1, 0.15) is 51.4 Å². The molecule has 0 bridgehead atoms. The van der Waals surface area contributed by atoms with Crippen LogP contribution in [0.5, 0.6) is 0 Å². The number of nitrogens with one attached hydrogen (secondary N) is 2. The van der Waals surface area contributed by atoms with E-state index in [9.17, 15) is 22.8 Å². The second-order valence-electron chi connectivity index (χ2n) is 9.31. The molecule has 3 atom stereocenters. The fourth-order valence-electron chi connectivity index (χ4n) is 4.93.